The molecule has 0 aliphatic heterocycles. The summed E-state index contributed by atoms with van der Waals surface area (Å²) < 4.78 is 9.59. The first-order valence-electron chi connectivity index (χ1n) is 8.27. The van der Waals surface area contributed by atoms with Gasteiger partial charge in [0, 0.05) is 11.1 Å². The Labute approximate surface area is 161 Å². The second-order valence-electron chi connectivity index (χ2n) is 5.31. The topological polar surface area (TPSA) is 111 Å². The molecule has 0 radical (unpaired) electrons. The Morgan fingerprint density at radius 3 is 1.36 bits per heavy atom. The van der Waals surface area contributed by atoms with E-state index in [4.69, 9.17) is 9.47 Å². The minimum absolute atomic E-state index is 0.123. The molecule has 0 unspecified atom stereocenters. The zero-order valence-electron chi connectivity index (χ0n) is 14.8. The molecule has 0 heterocycles. The fraction of sp³-hybridized carbons (Fsp3) is 0.100. The molecule has 0 aliphatic carbocycles. The molecule has 28 heavy (non-hydrogen) atoms. The van der Waals surface area contributed by atoms with Gasteiger partial charge in [-0.25, -0.2) is 9.59 Å². The molecule has 2 aromatic rings. The van der Waals surface area contributed by atoms with Gasteiger partial charge in [-0.05, 0) is 36.4 Å². The first kappa shape index (κ1) is 20.4. The quantitative estimate of drug-likeness (QED) is 0.743. The molecule has 8 heteroatoms. The number of hydrogen-bond acceptors (Lipinski definition) is 6. The van der Waals surface area contributed by atoms with Gasteiger partial charge in [0.15, 0.2) is 0 Å². The number of alkyl carbamates (subject to hydrolysis) is 2. The Balaban J connectivity index is 1.60. The third kappa shape index (κ3) is 7.12. The van der Waals surface area contributed by atoms with Gasteiger partial charge in [-0.3, -0.25) is 20.2 Å². The zero-order valence-corrected chi connectivity index (χ0v) is 14.8. The Hall–Kier alpha value is -3.94. The van der Waals surface area contributed by atoms with E-state index in [1.165, 1.54) is 12.2 Å². The molecule has 4 amide bonds. The molecule has 144 valence electrons. The maximum Gasteiger partial charge on any atom is 0.414 e. The van der Waals surface area contributed by atoms with Gasteiger partial charge in [0.25, 0.3) is 11.8 Å². The molecule has 0 saturated carbocycles. The van der Waals surface area contributed by atoms with Crippen LogP contribution in [-0.2, 0) is 9.47 Å². The molecule has 0 aromatic heterocycles. The van der Waals surface area contributed by atoms with Crippen molar-refractivity contribution in [3.63, 3.8) is 0 Å². The number of ether oxygens (including phenoxy) is 2. The summed E-state index contributed by atoms with van der Waals surface area (Å²) in [4.78, 5) is 46.5. The Morgan fingerprint density at radius 1 is 0.643 bits per heavy atom. The molecule has 0 fully saturated rings. The smallest absolute Gasteiger partial charge is 0.414 e. The molecule has 0 saturated heterocycles. The van der Waals surface area contributed by atoms with E-state index in [2.05, 4.69) is 10.6 Å². The summed E-state index contributed by atoms with van der Waals surface area (Å²) >= 11 is 0. The minimum Gasteiger partial charge on any atom is -0.445 e. The van der Waals surface area contributed by atoms with Crippen LogP contribution in [0, 0.1) is 0 Å². The molecule has 0 aliphatic rings. The lowest BCUT2D eigenvalue weighted by Crippen LogP contribution is -2.31. The number of imide groups is 2. The van der Waals surface area contributed by atoms with Crippen molar-refractivity contribution in [2.75, 3.05) is 13.2 Å². The van der Waals surface area contributed by atoms with Crippen LogP contribution in [0.1, 0.15) is 20.7 Å². The Morgan fingerprint density at radius 2 is 1.00 bits per heavy atom. The van der Waals surface area contributed by atoms with Crippen LogP contribution in [-0.4, -0.2) is 37.2 Å². The number of nitrogens with one attached hydrogen (secondary N) is 2. The maximum atomic E-state index is 11.7. The van der Waals surface area contributed by atoms with E-state index in [9.17, 15) is 19.2 Å². The molecular weight excluding hydrogens is 364 g/mol. The van der Waals surface area contributed by atoms with Gasteiger partial charge in [-0.1, -0.05) is 36.4 Å². The average Bonchev–Trinajstić information content (AvgIpc) is 2.71. The molecule has 2 rings (SSSR count). The van der Waals surface area contributed by atoms with E-state index in [0.29, 0.717) is 11.1 Å². The van der Waals surface area contributed by atoms with Crippen molar-refractivity contribution in [1.82, 2.24) is 10.6 Å². The lowest BCUT2D eigenvalue weighted by molar-refractivity contribution is 0.0914. The zero-order chi connectivity index (χ0) is 20.2. The first-order valence-corrected chi connectivity index (χ1v) is 8.27. The fourth-order valence-corrected chi connectivity index (χ4v) is 1.96. The predicted octanol–water partition coefficient (Wildman–Crippen LogP) is 2.68. The van der Waals surface area contributed by atoms with Gasteiger partial charge in [0.1, 0.15) is 13.2 Å². The van der Waals surface area contributed by atoms with Crippen LogP contribution in [0.4, 0.5) is 9.59 Å². The van der Waals surface area contributed by atoms with Crippen LogP contribution in [0.5, 0.6) is 0 Å². The second kappa shape index (κ2) is 10.9. The largest absolute Gasteiger partial charge is 0.445 e. The molecule has 8 nitrogen and oxygen atoms in total. The minimum atomic E-state index is -0.898. The highest BCUT2D eigenvalue weighted by Gasteiger charge is 2.11. The van der Waals surface area contributed by atoms with E-state index in [1.807, 2.05) is 0 Å². The van der Waals surface area contributed by atoms with Crippen molar-refractivity contribution >= 4 is 24.0 Å². The van der Waals surface area contributed by atoms with Gasteiger partial charge in [-0.2, -0.15) is 0 Å². The highest BCUT2D eigenvalue weighted by molar-refractivity contribution is 6.03. The van der Waals surface area contributed by atoms with Crippen LogP contribution in [0.2, 0.25) is 0 Å². The predicted molar refractivity (Wildman–Crippen MR) is 99.7 cm³/mol. The van der Waals surface area contributed by atoms with Gasteiger partial charge in [0.05, 0.1) is 0 Å². The normalized spacial score (nSPS) is 10.1. The fourth-order valence-electron chi connectivity index (χ4n) is 1.96. The van der Waals surface area contributed by atoms with E-state index in [-0.39, 0.29) is 13.2 Å². The lowest BCUT2D eigenvalue weighted by Gasteiger charge is -2.05. The van der Waals surface area contributed by atoms with Crippen LogP contribution in [0.25, 0.3) is 0 Å². The third-order valence-electron chi connectivity index (χ3n) is 3.29. The van der Waals surface area contributed by atoms with E-state index in [1.54, 1.807) is 60.7 Å². The van der Waals surface area contributed by atoms with Gasteiger partial charge < -0.3 is 9.47 Å². The molecule has 0 atom stereocenters. The highest BCUT2D eigenvalue weighted by Crippen LogP contribution is 1.99. The Bertz CT molecular complexity index is 778. The monoisotopic (exact) mass is 382 g/mol. The summed E-state index contributed by atoms with van der Waals surface area (Å²) in [6, 6.07) is 16.4. The van der Waals surface area contributed by atoms with E-state index < -0.39 is 24.0 Å². The Kier molecular flexibility index (Phi) is 7.94. The van der Waals surface area contributed by atoms with Crippen molar-refractivity contribution in [3.05, 3.63) is 83.9 Å². The van der Waals surface area contributed by atoms with Gasteiger partial charge >= 0.3 is 12.2 Å². The number of carbonyl (C=O) groups excluding carboxylic acids is 4. The summed E-state index contributed by atoms with van der Waals surface area (Å²) in [6.07, 6.45) is 1.06. The van der Waals surface area contributed by atoms with Crippen molar-refractivity contribution in [2.45, 2.75) is 0 Å². The van der Waals surface area contributed by atoms with Crippen LogP contribution in [0.3, 0.4) is 0 Å². The molecule has 2 aromatic carbocycles. The third-order valence-corrected chi connectivity index (χ3v) is 3.29. The lowest BCUT2D eigenvalue weighted by atomic mass is 10.2. The standard InChI is InChI=1S/C20H18N2O6/c23-17(15-9-3-1-4-10-15)21-19(25)27-13-7-8-14-28-20(26)22-18(24)16-11-5-2-6-12-16/h1-12H,13-14H2,(H,21,23,25)(H,22,24,26)/b8-7+. The van der Waals surface area contributed by atoms with E-state index in [0.717, 1.165) is 0 Å². The SMILES string of the molecule is O=C(NC(=O)c1ccccc1)OC/C=C/COC(=O)NC(=O)c1ccccc1. The average molecular weight is 382 g/mol. The van der Waals surface area contributed by atoms with Crippen molar-refractivity contribution < 1.29 is 28.7 Å². The number of benzene rings is 2. The number of rotatable bonds is 6. The number of carbonyl (C=O) groups is 4. The molecule has 2 N–H and O–H groups in total. The van der Waals surface area contributed by atoms with Crippen LogP contribution in [0.15, 0.2) is 72.8 Å². The number of hydrogen-bond donors (Lipinski definition) is 2. The van der Waals surface area contributed by atoms with Gasteiger partial charge in [-0.15, -0.1) is 0 Å². The maximum absolute atomic E-state index is 11.7. The number of amides is 4. The summed E-state index contributed by atoms with van der Waals surface area (Å²) in [5.74, 6) is -1.14. The summed E-state index contributed by atoms with van der Waals surface area (Å²) in [5.41, 5.74) is 0.666. The van der Waals surface area contributed by atoms with Crippen molar-refractivity contribution in [2.24, 2.45) is 0 Å². The highest BCUT2D eigenvalue weighted by atomic mass is 16.6. The summed E-state index contributed by atoms with van der Waals surface area (Å²) in [7, 11) is 0. The summed E-state index contributed by atoms with van der Waals surface area (Å²) in [6.45, 7) is -0.246. The summed E-state index contributed by atoms with van der Waals surface area (Å²) in [5, 5.41) is 4.15. The van der Waals surface area contributed by atoms with Crippen molar-refractivity contribution in [1.29, 1.82) is 0 Å². The molecular formula is C20H18N2O6. The molecule has 0 bridgehead atoms. The second-order valence-corrected chi connectivity index (χ2v) is 5.31. The van der Waals surface area contributed by atoms with Crippen LogP contribution < -0.4 is 10.6 Å². The van der Waals surface area contributed by atoms with E-state index >= 15 is 0 Å². The van der Waals surface area contributed by atoms with Crippen LogP contribution >= 0.6 is 0 Å². The van der Waals surface area contributed by atoms with Gasteiger partial charge in [0.2, 0.25) is 0 Å². The van der Waals surface area contributed by atoms with Crippen molar-refractivity contribution in [3.8, 4) is 0 Å². The first-order chi connectivity index (χ1) is 13.6. The molecule has 0 spiro atoms.